The van der Waals surface area contributed by atoms with E-state index in [2.05, 4.69) is 0 Å². The molecule has 2 rings (SSSR count). The Morgan fingerprint density at radius 1 is 1.50 bits per heavy atom. The number of halogens is 1. The maximum atomic E-state index is 13.2. The van der Waals surface area contributed by atoms with Crippen LogP contribution in [0.1, 0.15) is 36.4 Å². The Hall–Kier alpha value is -0.890. The summed E-state index contributed by atoms with van der Waals surface area (Å²) in [6.45, 7) is 1.80. The molecule has 0 saturated heterocycles. The quantitative estimate of drug-likeness (QED) is 0.784. The number of hydrogen-bond acceptors (Lipinski definition) is 1. The van der Waals surface area contributed by atoms with Crippen molar-refractivity contribution in [3.63, 3.8) is 0 Å². The summed E-state index contributed by atoms with van der Waals surface area (Å²) in [7, 11) is 0. The predicted molar refractivity (Wildman–Crippen MR) is 55.4 cm³/mol. The molecule has 1 aliphatic rings. The van der Waals surface area contributed by atoms with Crippen molar-refractivity contribution in [3.05, 3.63) is 35.1 Å². The summed E-state index contributed by atoms with van der Waals surface area (Å²) in [5.74, 6) is 0.640. The number of benzene rings is 1. The summed E-state index contributed by atoms with van der Waals surface area (Å²) in [4.78, 5) is 0. The van der Waals surface area contributed by atoms with E-state index in [1.54, 1.807) is 13.0 Å². The first kappa shape index (κ1) is 9.66. The lowest BCUT2D eigenvalue weighted by Crippen LogP contribution is -2.13. The molecular formula is C12H16FN. The fourth-order valence-electron chi connectivity index (χ4n) is 1.87. The summed E-state index contributed by atoms with van der Waals surface area (Å²) >= 11 is 0. The van der Waals surface area contributed by atoms with Crippen LogP contribution in [0.5, 0.6) is 0 Å². The predicted octanol–water partition coefficient (Wildman–Crippen LogP) is 2.93. The summed E-state index contributed by atoms with van der Waals surface area (Å²) in [5.41, 5.74) is 7.72. The van der Waals surface area contributed by atoms with Crippen LogP contribution in [-0.4, -0.2) is 0 Å². The molecule has 14 heavy (non-hydrogen) atoms. The average Bonchev–Trinajstić information content (AvgIpc) is 2.93. The normalized spacial score (nSPS) is 18.2. The van der Waals surface area contributed by atoms with Crippen molar-refractivity contribution in [2.75, 3.05) is 0 Å². The molecule has 1 fully saturated rings. The van der Waals surface area contributed by atoms with Gasteiger partial charge in [-0.05, 0) is 36.5 Å². The number of rotatable bonds is 3. The van der Waals surface area contributed by atoms with Gasteiger partial charge in [-0.2, -0.15) is 0 Å². The monoisotopic (exact) mass is 193 g/mol. The second kappa shape index (κ2) is 3.70. The van der Waals surface area contributed by atoms with Crippen LogP contribution in [0.3, 0.4) is 0 Å². The molecule has 0 unspecified atom stereocenters. The van der Waals surface area contributed by atoms with Gasteiger partial charge >= 0.3 is 0 Å². The number of nitrogens with two attached hydrogens (primary N) is 1. The van der Waals surface area contributed by atoms with Gasteiger partial charge in [-0.3, -0.25) is 0 Å². The first-order valence-electron chi connectivity index (χ1n) is 5.19. The van der Waals surface area contributed by atoms with E-state index in [0.29, 0.717) is 5.56 Å². The van der Waals surface area contributed by atoms with E-state index in [-0.39, 0.29) is 11.9 Å². The zero-order chi connectivity index (χ0) is 10.1. The fourth-order valence-corrected chi connectivity index (χ4v) is 1.87. The zero-order valence-corrected chi connectivity index (χ0v) is 8.46. The van der Waals surface area contributed by atoms with Crippen molar-refractivity contribution in [1.29, 1.82) is 0 Å². The minimum absolute atomic E-state index is 0.0122. The maximum Gasteiger partial charge on any atom is 0.126 e. The van der Waals surface area contributed by atoms with Crippen molar-refractivity contribution in [2.45, 2.75) is 32.2 Å². The summed E-state index contributed by atoms with van der Waals surface area (Å²) in [5, 5.41) is 0. The van der Waals surface area contributed by atoms with Gasteiger partial charge in [0.2, 0.25) is 0 Å². The molecule has 1 aromatic rings. The van der Waals surface area contributed by atoms with E-state index in [1.165, 1.54) is 18.9 Å². The van der Waals surface area contributed by atoms with Crippen molar-refractivity contribution in [2.24, 2.45) is 11.7 Å². The van der Waals surface area contributed by atoms with Crippen molar-refractivity contribution < 1.29 is 4.39 Å². The van der Waals surface area contributed by atoms with Gasteiger partial charge in [0, 0.05) is 6.04 Å². The third-order valence-electron chi connectivity index (χ3n) is 2.99. The van der Waals surface area contributed by atoms with Gasteiger partial charge < -0.3 is 5.73 Å². The van der Waals surface area contributed by atoms with Crippen LogP contribution in [-0.2, 0) is 0 Å². The van der Waals surface area contributed by atoms with E-state index in [0.717, 1.165) is 17.9 Å². The van der Waals surface area contributed by atoms with E-state index < -0.39 is 0 Å². The maximum absolute atomic E-state index is 13.2. The van der Waals surface area contributed by atoms with Gasteiger partial charge in [-0.15, -0.1) is 0 Å². The van der Waals surface area contributed by atoms with Gasteiger partial charge in [0.25, 0.3) is 0 Å². The molecule has 1 aromatic carbocycles. The van der Waals surface area contributed by atoms with Gasteiger partial charge in [0.15, 0.2) is 0 Å². The molecule has 0 radical (unpaired) electrons. The van der Waals surface area contributed by atoms with Crippen molar-refractivity contribution in [1.82, 2.24) is 0 Å². The highest BCUT2D eigenvalue weighted by atomic mass is 19.1. The van der Waals surface area contributed by atoms with Crippen LogP contribution in [0.2, 0.25) is 0 Å². The molecule has 1 nitrogen and oxygen atoms in total. The minimum atomic E-state index is -0.145. The lowest BCUT2D eigenvalue weighted by atomic mass is 9.97. The molecular weight excluding hydrogens is 177 g/mol. The highest BCUT2D eigenvalue weighted by Gasteiger charge is 2.25. The summed E-state index contributed by atoms with van der Waals surface area (Å²) in [6, 6.07) is 5.18. The Morgan fingerprint density at radius 2 is 2.21 bits per heavy atom. The van der Waals surface area contributed by atoms with E-state index >= 15 is 0 Å². The Balaban J connectivity index is 2.16. The molecule has 1 saturated carbocycles. The molecule has 1 atom stereocenters. The van der Waals surface area contributed by atoms with E-state index in [9.17, 15) is 4.39 Å². The number of hydrogen-bond donors (Lipinski definition) is 1. The third-order valence-corrected chi connectivity index (χ3v) is 2.99. The first-order chi connectivity index (χ1) is 6.68. The first-order valence-corrected chi connectivity index (χ1v) is 5.19. The van der Waals surface area contributed by atoms with Gasteiger partial charge in [-0.1, -0.05) is 25.0 Å². The van der Waals surface area contributed by atoms with Crippen LogP contribution in [0.4, 0.5) is 4.39 Å². The smallest absolute Gasteiger partial charge is 0.126 e. The van der Waals surface area contributed by atoms with Crippen LogP contribution < -0.4 is 5.73 Å². The highest BCUT2D eigenvalue weighted by Crippen LogP contribution is 2.37. The second-order valence-corrected chi connectivity index (χ2v) is 4.24. The van der Waals surface area contributed by atoms with E-state index in [1.807, 2.05) is 6.07 Å². The van der Waals surface area contributed by atoms with Gasteiger partial charge in [0.05, 0.1) is 0 Å². The summed E-state index contributed by atoms with van der Waals surface area (Å²) < 4.78 is 13.2. The second-order valence-electron chi connectivity index (χ2n) is 4.24. The lowest BCUT2D eigenvalue weighted by molar-refractivity contribution is 0.575. The largest absolute Gasteiger partial charge is 0.324 e. The molecule has 76 valence electrons. The zero-order valence-electron chi connectivity index (χ0n) is 8.46. The van der Waals surface area contributed by atoms with E-state index in [4.69, 9.17) is 5.73 Å². The van der Waals surface area contributed by atoms with Gasteiger partial charge in [0.1, 0.15) is 5.82 Å². The SMILES string of the molecule is Cc1c(F)cccc1[C@@H](N)CC1CC1. The van der Waals surface area contributed by atoms with Gasteiger partial charge in [-0.25, -0.2) is 4.39 Å². The summed E-state index contributed by atoms with van der Waals surface area (Å²) in [6.07, 6.45) is 3.59. The van der Waals surface area contributed by atoms with Crippen molar-refractivity contribution in [3.8, 4) is 0 Å². The Morgan fingerprint density at radius 3 is 2.86 bits per heavy atom. The molecule has 2 N–H and O–H groups in total. The highest BCUT2D eigenvalue weighted by molar-refractivity contribution is 5.30. The van der Waals surface area contributed by atoms with Crippen molar-refractivity contribution >= 4 is 0 Å². The minimum Gasteiger partial charge on any atom is -0.324 e. The molecule has 0 amide bonds. The average molecular weight is 193 g/mol. The Labute approximate surface area is 84.1 Å². The van der Waals surface area contributed by atoms with Crippen LogP contribution in [0.25, 0.3) is 0 Å². The fraction of sp³-hybridized carbons (Fsp3) is 0.500. The molecule has 0 aromatic heterocycles. The molecule has 0 bridgehead atoms. The molecule has 0 heterocycles. The third kappa shape index (κ3) is 1.95. The van der Waals surface area contributed by atoms with Crippen LogP contribution in [0.15, 0.2) is 18.2 Å². The molecule has 0 aliphatic heterocycles. The molecule has 2 heteroatoms. The lowest BCUT2D eigenvalue weighted by Gasteiger charge is -2.14. The molecule has 0 spiro atoms. The standard InChI is InChI=1S/C12H16FN/c1-8-10(3-2-4-11(8)13)12(14)7-9-5-6-9/h2-4,9,12H,5-7,14H2,1H3/t12-/m0/s1. The molecule has 1 aliphatic carbocycles. The van der Waals surface area contributed by atoms with Crippen LogP contribution >= 0.6 is 0 Å². The topological polar surface area (TPSA) is 26.0 Å². The van der Waals surface area contributed by atoms with Crippen LogP contribution in [0, 0.1) is 18.7 Å². The Bertz CT molecular complexity index is 331. The Kier molecular flexibility index (Phi) is 2.55.